The van der Waals surface area contributed by atoms with Crippen LogP contribution in [0.25, 0.3) is 0 Å². The molecule has 9 heteroatoms. The Labute approximate surface area is 81.8 Å². The molecule has 1 aromatic rings. The van der Waals surface area contributed by atoms with Crippen molar-refractivity contribution in [1.29, 1.82) is 0 Å². The molecule has 0 atom stereocenters. The molecule has 84 valence electrons. The summed E-state index contributed by atoms with van der Waals surface area (Å²) < 4.78 is 59.1. The van der Waals surface area contributed by atoms with Gasteiger partial charge in [0.25, 0.3) is 12.0 Å². The summed E-state index contributed by atoms with van der Waals surface area (Å²) in [4.78, 5) is 10.8. The highest BCUT2D eigenvalue weighted by Crippen LogP contribution is 2.25. The average molecular weight is 242 g/mol. The molecule has 0 bridgehead atoms. The topological polar surface area (TPSA) is 93.0 Å². The van der Waals surface area contributed by atoms with Crippen LogP contribution in [0.4, 0.5) is 13.2 Å². The van der Waals surface area contributed by atoms with E-state index in [1.54, 1.807) is 4.98 Å². The molecular weight excluding hydrogens is 237 g/mol. The highest BCUT2D eigenvalue weighted by atomic mass is 32.2. The molecule has 0 saturated carbocycles. The molecule has 0 aromatic carbocycles. The molecule has 0 unspecified atom stereocenters. The normalized spacial score (nSPS) is 12.1. The van der Waals surface area contributed by atoms with Gasteiger partial charge in [-0.2, -0.15) is 4.39 Å². The molecule has 3 N–H and O–H groups in total. The summed E-state index contributed by atoms with van der Waals surface area (Å²) in [5, 5.41) is 4.51. The Hall–Kier alpha value is -1.35. The fourth-order valence-corrected chi connectivity index (χ4v) is 1.77. The molecule has 5 nitrogen and oxygen atoms in total. The van der Waals surface area contributed by atoms with Crippen molar-refractivity contribution in [1.82, 2.24) is 4.98 Å². The van der Waals surface area contributed by atoms with Crippen LogP contribution in [0, 0.1) is 5.82 Å². The van der Waals surface area contributed by atoms with Crippen LogP contribution in [0.15, 0.2) is 15.9 Å². The standard InChI is InChI=1S/C6H5F3N2O3S/c7-3-4(15(10,13)14)2(5(8)9)1-11-6(3)12/h1,5H,(H,11,12)(H2,10,13,14). The van der Waals surface area contributed by atoms with Crippen LogP contribution < -0.4 is 10.7 Å². The minimum atomic E-state index is -4.71. The smallest absolute Gasteiger partial charge is 0.285 e. The van der Waals surface area contributed by atoms with Gasteiger partial charge in [-0.15, -0.1) is 0 Å². The van der Waals surface area contributed by atoms with Crippen molar-refractivity contribution in [3.63, 3.8) is 0 Å². The number of halogens is 3. The molecule has 15 heavy (non-hydrogen) atoms. The monoisotopic (exact) mass is 242 g/mol. The first-order valence-corrected chi connectivity index (χ1v) is 5.02. The number of aromatic amines is 1. The first-order chi connectivity index (χ1) is 6.75. The van der Waals surface area contributed by atoms with E-state index in [4.69, 9.17) is 0 Å². The molecule has 0 aliphatic rings. The fourth-order valence-electron chi connectivity index (χ4n) is 0.953. The predicted octanol–water partition coefficient (Wildman–Crippen LogP) is 0.0990. The summed E-state index contributed by atoms with van der Waals surface area (Å²) in [6, 6.07) is 0. The first-order valence-electron chi connectivity index (χ1n) is 3.47. The lowest BCUT2D eigenvalue weighted by Gasteiger charge is -2.06. The maximum Gasteiger partial charge on any atom is 0.285 e. The second kappa shape index (κ2) is 3.66. The Bertz CT molecular complexity index is 537. The third kappa shape index (κ3) is 2.18. The molecule has 0 spiro atoms. The van der Waals surface area contributed by atoms with Crippen molar-refractivity contribution in [2.45, 2.75) is 11.3 Å². The summed E-state index contributed by atoms with van der Waals surface area (Å²) in [5.74, 6) is -1.84. The van der Waals surface area contributed by atoms with Gasteiger partial charge in [0.15, 0.2) is 0 Å². The van der Waals surface area contributed by atoms with Crippen LogP contribution in [0.3, 0.4) is 0 Å². The van der Waals surface area contributed by atoms with E-state index in [1.165, 1.54) is 0 Å². The Balaban J connectivity index is 3.73. The van der Waals surface area contributed by atoms with Gasteiger partial charge < -0.3 is 4.98 Å². The number of nitrogens with one attached hydrogen (secondary N) is 1. The minimum Gasteiger partial charge on any atom is -0.326 e. The zero-order valence-corrected chi connectivity index (χ0v) is 7.82. The Morgan fingerprint density at radius 2 is 1.93 bits per heavy atom. The zero-order chi connectivity index (χ0) is 11.8. The van der Waals surface area contributed by atoms with Crippen molar-refractivity contribution < 1.29 is 21.6 Å². The van der Waals surface area contributed by atoms with Crippen LogP contribution in [0.1, 0.15) is 12.0 Å². The summed E-state index contributed by atoms with van der Waals surface area (Å²) in [7, 11) is -4.71. The highest BCUT2D eigenvalue weighted by Gasteiger charge is 2.26. The number of nitrogens with two attached hydrogens (primary N) is 1. The third-order valence-electron chi connectivity index (χ3n) is 1.54. The third-order valence-corrected chi connectivity index (χ3v) is 2.52. The number of sulfonamides is 1. The minimum absolute atomic E-state index is 0.413. The molecule has 0 saturated heterocycles. The van der Waals surface area contributed by atoms with E-state index >= 15 is 0 Å². The van der Waals surface area contributed by atoms with Gasteiger partial charge in [0.2, 0.25) is 15.8 Å². The Kier molecular flexibility index (Phi) is 2.86. The number of hydrogen-bond donors (Lipinski definition) is 2. The number of rotatable bonds is 2. The van der Waals surface area contributed by atoms with Gasteiger partial charge >= 0.3 is 0 Å². The van der Waals surface area contributed by atoms with E-state index in [2.05, 4.69) is 5.14 Å². The molecule has 0 amide bonds. The van der Waals surface area contributed by atoms with E-state index in [0.717, 1.165) is 0 Å². The number of alkyl halides is 2. The largest absolute Gasteiger partial charge is 0.326 e. The van der Waals surface area contributed by atoms with Gasteiger partial charge in [0.05, 0.1) is 5.56 Å². The molecule has 1 rings (SSSR count). The maximum atomic E-state index is 13.0. The van der Waals surface area contributed by atoms with Crippen molar-refractivity contribution in [3.05, 3.63) is 27.9 Å². The second-order valence-electron chi connectivity index (χ2n) is 2.56. The highest BCUT2D eigenvalue weighted by molar-refractivity contribution is 7.89. The SMILES string of the molecule is NS(=O)(=O)c1c(C(F)F)c[nH]c(=O)c1F. The van der Waals surface area contributed by atoms with Gasteiger partial charge in [0, 0.05) is 6.20 Å². The van der Waals surface area contributed by atoms with Crippen molar-refractivity contribution in [2.75, 3.05) is 0 Å². The molecular formula is C6H5F3N2O3S. The zero-order valence-electron chi connectivity index (χ0n) is 7.00. The second-order valence-corrected chi connectivity index (χ2v) is 4.06. The Morgan fingerprint density at radius 3 is 2.33 bits per heavy atom. The van der Waals surface area contributed by atoms with Gasteiger partial charge in [-0.3, -0.25) is 4.79 Å². The number of pyridine rings is 1. The van der Waals surface area contributed by atoms with Crippen molar-refractivity contribution in [3.8, 4) is 0 Å². The summed E-state index contributed by atoms with van der Waals surface area (Å²) >= 11 is 0. The maximum absolute atomic E-state index is 13.0. The van der Waals surface area contributed by atoms with E-state index < -0.39 is 38.3 Å². The van der Waals surface area contributed by atoms with Crippen molar-refractivity contribution >= 4 is 10.0 Å². The van der Waals surface area contributed by atoms with Crippen LogP contribution >= 0.6 is 0 Å². The fraction of sp³-hybridized carbons (Fsp3) is 0.167. The average Bonchev–Trinajstić information content (AvgIpc) is 2.06. The van der Waals surface area contributed by atoms with E-state index in [0.29, 0.717) is 6.20 Å². The molecule has 0 aliphatic carbocycles. The number of H-pyrrole nitrogens is 1. The molecule has 0 radical (unpaired) electrons. The van der Waals surface area contributed by atoms with Gasteiger partial charge in [0.1, 0.15) is 4.90 Å². The number of hydrogen-bond acceptors (Lipinski definition) is 3. The number of aromatic nitrogens is 1. The molecule has 0 aliphatic heterocycles. The van der Waals surface area contributed by atoms with E-state index in [9.17, 15) is 26.4 Å². The van der Waals surface area contributed by atoms with Gasteiger partial charge in [-0.1, -0.05) is 0 Å². The van der Waals surface area contributed by atoms with Gasteiger partial charge in [-0.25, -0.2) is 22.3 Å². The Morgan fingerprint density at radius 1 is 1.40 bits per heavy atom. The molecule has 1 aromatic heterocycles. The van der Waals surface area contributed by atoms with Crippen LogP contribution in [-0.2, 0) is 10.0 Å². The van der Waals surface area contributed by atoms with Crippen LogP contribution in [-0.4, -0.2) is 13.4 Å². The lowest BCUT2D eigenvalue weighted by atomic mass is 10.3. The van der Waals surface area contributed by atoms with Crippen LogP contribution in [0.5, 0.6) is 0 Å². The van der Waals surface area contributed by atoms with E-state index in [-0.39, 0.29) is 0 Å². The van der Waals surface area contributed by atoms with Gasteiger partial charge in [-0.05, 0) is 0 Å². The summed E-state index contributed by atoms with van der Waals surface area (Å²) in [6.45, 7) is 0. The summed E-state index contributed by atoms with van der Waals surface area (Å²) in [5.41, 5.74) is -2.60. The molecule has 0 fully saturated rings. The predicted molar refractivity (Wildman–Crippen MR) is 43.4 cm³/mol. The quantitative estimate of drug-likeness (QED) is 0.770. The van der Waals surface area contributed by atoms with E-state index in [1.807, 2.05) is 0 Å². The van der Waals surface area contributed by atoms with Crippen LogP contribution in [0.2, 0.25) is 0 Å². The molecule has 1 heterocycles. The number of primary sulfonamides is 1. The first kappa shape index (κ1) is 11.7. The lowest BCUT2D eigenvalue weighted by Crippen LogP contribution is -2.23. The lowest BCUT2D eigenvalue weighted by molar-refractivity contribution is 0.146. The summed E-state index contributed by atoms with van der Waals surface area (Å²) in [6.07, 6.45) is -2.85. The van der Waals surface area contributed by atoms with Crippen molar-refractivity contribution in [2.24, 2.45) is 5.14 Å².